The summed E-state index contributed by atoms with van der Waals surface area (Å²) in [6.07, 6.45) is 1.13. The zero-order chi connectivity index (χ0) is 15.6. The van der Waals surface area contributed by atoms with Crippen LogP contribution in [0.15, 0.2) is 47.4 Å². The number of hydrogen-bond donors (Lipinski definition) is 1. The van der Waals surface area contributed by atoms with Gasteiger partial charge in [-0.2, -0.15) is 0 Å². The first-order valence-electron chi connectivity index (χ1n) is 6.22. The Balaban J connectivity index is 2.34. The van der Waals surface area contributed by atoms with Crippen molar-refractivity contribution in [3.63, 3.8) is 0 Å². The molecule has 112 valence electrons. The van der Waals surface area contributed by atoms with Crippen LogP contribution in [0, 0.1) is 5.82 Å². The summed E-state index contributed by atoms with van der Waals surface area (Å²) in [5, 5.41) is 0. The van der Waals surface area contributed by atoms with Gasteiger partial charge in [-0.1, -0.05) is 18.2 Å². The number of methoxy groups -OCH3 is 1. The van der Waals surface area contributed by atoms with E-state index >= 15 is 0 Å². The molecule has 0 aliphatic heterocycles. The number of ether oxygens (including phenoxy) is 1. The van der Waals surface area contributed by atoms with Crippen LogP contribution in [0.25, 0.3) is 0 Å². The Kier molecular flexibility index (Phi) is 4.29. The summed E-state index contributed by atoms with van der Waals surface area (Å²) in [6, 6.07) is 9.88. The smallest absolute Gasteiger partial charge is 0.175 e. The fourth-order valence-electron chi connectivity index (χ4n) is 1.99. The molecule has 0 aliphatic carbocycles. The molecule has 0 aromatic heterocycles. The Bertz CT molecular complexity index is 742. The van der Waals surface area contributed by atoms with Gasteiger partial charge in [-0.25, -0.2) is 12.8 Å². The molecule has 0 aliphatic rings. The largest absolute Gasteiger partial charge is 0.497 e. The minimum Gasteiger partial charge on any atom is -0.497 e. The molecule has 0 saturated heterocycles. The van der Waals surface area contributed by atoms with E-state index in [-0.39, 0.29) is 4.90 Å². The van der Waals surface area contributed by atoms with E-state index in [1.165, 1.54) is 25.3 Å². The maximum atomic E-state index is 14.0. The van der Waals surface area contributed by atoms with E-state index in [9.17, 15) is 12.8 Å². The van der Waals surface area contributed by atoms with E-state index in [0.717, 1.165) is 6.26 Å². The molecule has 0 amide bonds. The molecule has 2 aromatic rings. The Hall–Kier alpha value is -1.92. The SMILES string of the molecule is COc1ccc(C(N)c2ccc(S(C)(=O)=O)cc2)c(F)c1. The first-order valence-corrected chi connectivity index (χ1v) is 8.11. The standard InChI is InChI=1S/C15H16FNO3S/c1-20-11-5-8-13(14(16)9-11)15(17)10-3-6-12(7-4-10)21(2,18)19/h3-9,15H,17H2,1-2H3. The highest BCUT2D eigenvalue weighted by molar-refractivity contribution is 7.90. The van der Waals surface area contributed by atoms with Gasteiger partial charge in [0.05, 0.1) is 18.0 Å². The first kappa shape index (κ1) is 15.5. The molecule has 0 spiro atoms. The summed E-state index contributed by atoms with van der Waals surface area (Å²) < 4.78 is 41.7. The van der Waals surface area contributed by atoms with Gasteiger partial charge in [0.2, 0.25) is 0 Å². The first-order chi connectivity index (χ1) is 9.82. The highest BCUT2D eigenvalue weighted by Crippen LogP contribution is 2.26. The van der Waals surface area contributed by atoms with Gasteiger partial charge in [-0.3, -0.25) is 0 Å². The second-order valence-electron chi connectivity index (χ2n) is 4.71. The van der Waals surface area contributed by atoms with Crippen molar-refractivity contribution in [1.29, 1.82) is 0 Å². The molecule has 0 radical (unpaired) electrons. The van der Waals surface area contributed by atoms with E-state index in [4.69, 9.17) is 10.5 Å². The van der Waals surface area contributed by atoms with Gasteiger partial charge in [0.15, 0.2) is 9.84 Å². The minimum atomic E-state index is -3.26. The number of nitrogens with two attached hydrogens (primary N) is 1. The Morgan fingerprint density at radius 3 is 2.24 bits per heavy atom. The molecule has 0 heterocycles. The lowest BCUT2D eigenvalue weighted by Crippen LogP contribution is -2.14. The quantitative estimate of drug-likeness (QED) is 0.941. The summed E-state index contributed by atoms with van der Waals surface area (Å²) in [7, 11) is -1.80. The third-order valence-corrected chi connectivity index (χ3v) is 4.34. The zero-order valence-corrected chi connectivity index (χ0v) is 12.5. The lowest BCUT2D eigenvalue weighted by Gasteiger charge is -2.14. The van der Waals surface area contributed by atoms with Gasteiger partial charge in [0, 0.05) is 17.9 Å². The molecular weight excluding hydrogens is 293 g/mol. The van der Waals surface area contributed by atoms with Crippen LogP contribution >= 0.6 is 0 Å². The predicted octanol–water partition coefficient (Wildman–Crippen LogP) is 2.29. The lowest BCUT2D eigenvalue weighted by molar-refractivity contribution is 0.410. The van der Waals surface area contributed by atoms with Crippen LogP contribution in [0.4, 0.5) is 4.39 Å². The number of benzene rings is 2. The molecule has 2 N–H and O–H groups in total. The zero-order valence-electron chi connectivity index (χ0n) is 11.7. The van der Waals surface area contributed by atoms with Crippen molar-refractivity contribution in [3.8, 4) is 5.75 Å². The second-order valence-corrected chi connectivity index (χ2v) is 6.72. The van der Waals surface area contributed by atoms with Crippen molar-refractivity contribution in [1.82, 2.24) is 0 Å². The van der Waals surface area contributed by atoms with Crippen LogP contribution < -0.4 is 10.5 Å². The summed E-state index contributed by atoms with van der Waals surface area (Å²) in [5.41, 5.74) is 6.99. The monoisotopic (exact) mass is 309 g/mol. The lowest BCUT2D eigenvalue weighted by atomic mass is 9.99. The summed E-state index contributed by atoms with van der Waals surface area (Å²) in [4.78, 5) is 0.202. The fourth-order valence-corrected chi connectivity index (χ4v) is 2.62. The van der Waals surface area contributed by atoms with Crippen molar-refractivity contribution in [2.45, 2.75) is 10.9 Å². The summed E-state index contributed by atoms with van der Waals surface area (Å²) in [5.74, 6) is -0.0510. The van der Waals surface area contributed by atoms with Gasteiger partial charge in [-0.05, 0) is 23.8 Å². The van der Waals surface area contributed by atoms with Crippen LogP contribution in [0.2, 0.25) is 0 Å². The predicted molar refractivity (Wildman–Crippen MR) is 78.5 cm³/mol. The van der Waals surface area contributed by atoms with Crippen LogP contribution in [0.1, 0.15) is 17.2 Å². The average molecular weight is 309 g/mol. The Labute approximate surface area is 123 Å². The summed E-state index contributed by atoms with van der Waals surface area (Å²) >= 11 is 0. The topological polar surface area (TPSA) is 69.4 Å². The number of sulfone groups is 1. The van der Waals surface area contributed by atoms with Gasteiger partial charge < -0.3 is 10.5 Å². The normalized spacial score (nSPS) is 13.0. The van der Waals surface area contributed by atoms with Gasteiger partial charge >= 0.3 is 0 Å². The van der Waals surface area contributed by atoms with E-state index in [1.807, 2.05) is 0 Å². The highest BCUT2D eigenvalue weighted by Gasteiger charge is 2.15. The van der Waals surface area contributed by atoms with Crippen molar-refractivity contribution >= 4 is 9.84 Å². The molecule has 2 rings (SSSR count). The molecule has 6 heteroatoms. The van der Waals surface area contributed by atoms with Gasteiger partial charge in [-0.15, -0.1) is 0 Å². The second kappa shape index (κ2) is 5.83. The third kappa shape index (κ3) is 3.40. The van der Waals surface area contributed by atoms with Crippen LogP contribution in [0.5, 0.6) is 5.75 Å². The van der Waals surface area contributed by atoms with Crippen molar-refractivity contribution < 1.29 is 17.5 Å². The minimum absolute atomic E-state index is 0.202. The Morgan fingerprint density at radius 2 is 1.76 bits per heavy atom. The number of rotatable bonds is 4. The molecule has 0 fully saturated rings. The van der Waals surface area contributed by atoms with Gasteiger partial charge in [0.1, 0.15) is 11.6 Å². The molecular formula is C15H16FNO3S. The van der Waals surface area contributed by atoms with E-state index in [0.29, 0.717) is 16.9 Å². The van der Waals surface area contributed by atoms with Crippen LogP contribution in [0.3, 0.4) is 0 Å². The molecule has 0 bridgehead atoms. The van der Waals surface area contributed by atoms with E-state index < -0.39 is 21.7 Å². The number of halogens is 1. The summed E-state index contributed by atoms with van der Waals surface area (Å²) in [6.45, 7) is 0. The van der Waals surface area contributed by atoms with Crippen LogP contribution in [-0.2, 0) is 9.84 Å². The fraction of sp³-hybridized carbons (Fsp3) is 0.200. The average Bonchev–Trinajstić information content (AvgIpc) is 2.45. The van der Waals surface area contributed by atoms with Gasteiger partial charge in [0.25, 0.3) is 0 Å². The van der Waals surface area contributed by atoms with E-state index in [2.05, 4.69) is 0 Å². The molecule has 2 aromatic carbocycles. The maximum Gasteiger partial charge on any atom is 0.175 e. The van der Waals surface area contributed by atoms with Crippen molar-refractivity contribution in [3.05, 3.63) is 59.4 Å². The molecule has 21 heavy (non-hydrogen) atoms. The van der Waals surface area contributed by atoms with Crippen LogP contribution in [-0.4, -0.2) is 21.8 Å². The molecule has 1 atom stereocenters. The van der Waals surface area contributed by atoms with Crippen molar-refractivity contribution in [2.75, 3.05) is 13.4 Å². The van der Waals surface area contributed by atoms with E-state index in [1.54, 1.807) is 24.3 Å². The molecule has 4 nitrogen and oxygen atoms in total. The third-order valence-electron chi connectivity index (χ3n) is 3.21. The number of hydrogen-bond acceptors (Lipinski definition) is 4. The molecule has 0 saturated carbocycles. The van der Waals surface area contributed by atoms with Crippen molar-refractivity contribution in [2.24, 2.45) is 5.73 Å². The molecule has 1 unspecified atom stereocenters. The Morgan fingerprint density at radius 1 is 1.14 bits per heavy atom. The maximum absolute atomic E-state index is 14.0. The highest BCUT2D eigenvalue weighted by atomic mass is 32.2.